The lowest BCUT2D eigenvalue weighted by Gasteiger charge is -2.49. The highest BCUT2D eigenvalue weighted by Crippen LogP contribution is 2.60. The predicted octanol–water partition coefficient (Wildman–Crippen LogP) is 4.47. The van der Waals surface area contributed by atoms with Crippen molar-refractivity contribution in [2.45, 2.75) is 58.3 Å². The van der Waals surface area contributed by atoms with E-state index in [4.69, 9.17) is 9.57 Å². The zero-order valence-electron chi connectivity index (χ0n) is 15.4. The van der Waals surface area contributed by atoms with Crippen LogP contribution in [-0.2, 0) is 16.1 Å². The van der Waals surface area contributed by atoms with Crippen LogP contribution in [0.5, 0.6) is 5.75 Å². The largest absolute Gasteiger partial charge is 0.427 e. The lowest BCUT2D eigenvalue weighted by atomic mass is 9.55. The lowest BCUT2D eigenvalue weighted by molar-refractivity contribution is -0.131. The van der Waals surface area contributed by atoms with Crippen LogP contribution in [0.3, 0.4) is 0 Å². The van der Waals surface area contributed by atoms with E-state index in [0.29, 0.717) is 17.6 Å². The molecule has 3 aliphatic rings. The van der Waals surface area contributed by atoms with Gasteiger partial charge in [0.2, 0.25) is 0 Å². The van der Waals surface area contributed by atoms with Crippen molar-refractivity contribution in [2.24, 2.45) is 22.4 Å². The molecule has 2 saturated carbocycles. The van der Waals surface area contributed by atoms with Crippen LogP contribution in [0.4, 0.5) is 0 Å². The maximum Gasteiger partial charge on any atom is 0.308 e. The van der Waals surface area contributed by atoms with Crippen LogP contribution in [0.2, 0.25) is 0 Å². The molecular weight excluding hydrogens is 314 g/mol. The first-order valence-corrected chi connectivity index (χ1v) is 9.44. The molecule has 0 aliphatic heterocycles. The summed E-state index contributed by atoms with van der Waals surface area (Å²) in [6.07, 6.45) is 7.01. The maximum atomic E-state index is 11.2. The molecule has 1 aromatic rings. The number of fused-ring (bicyclic) bond motifs is 5. The molecular formula is C21H27NO3. The van der Waals surface area contributed by atoms with E-state index in [2.05, 4.69) is 24.2 Å². The van der Waals surface area contributed by atoms with E-state index in [0.717, 1.165) is 18.8 Å². The molecule has 4 nitrogen and oxygen atoms in total. The van der Waals surface area contributed by atoms with Crippen molar-refractivity contribution >= 4 is 11.7 Å². The van der Waals surface area contributed by atoms with Crippen molar-refractivity contribution in [3.05, 3.63) is 29.3 Å². The number of rotatable bonds is 2. The molecule has 4 rings (SSSR count). The molecule has 4 heteroatoms. The first kappa shape index (κ1) is 16.6. The Bertz CT molecular complexity index is 726. The predicted molar refractivity (Wildman–Crippen MR) is 96.8 cm³/mol. The van der Waals surface area contributed by atoms with Crippen molar-refractivity contribution in [1.82, 2.24) is 0 Å². The van der Waals surface area contributed by atoms with Crippen molar-refractivity contribution in [2.75, 3.05) is 7.11 Å². The number of ether oxygens (including phenoxy) is 1. The quantitative estimate of drug-likeness (QED) is 0.453. The molecule has 4 atom stereocenters. The van der Waals surface area contributed by atoms with Crippen molar-refractivity contribution < 1.29 is 14.4 Å². The minimum Gasteiger partial charge on any atom is -0.427 e. The molecule has 0 spiro atoms. The molecule has 1 aromatic carbocycles. The summed E-state index contributed by atoms with van der Waals surface area (Å²) in [5.41, 5.74) is 4.33. The van der Waals surface area contributed by atoms with Crippen LogP contribution < -0.4 is 4.74 Å². The molecule has 3 aliphatic carbocycles. The average molecular weight is 341 g/mol. The van der Waals surface area contributed by atoms with E-state index in [1.165, 1.54) is 49.4 Å². The van der Waals surface area contributed by atoms with Crippen LogP contribution in [0.25, 0.3) is 0 Å². The van der Waals surface area contributed by atoms with Gasteiger partial charge < -0.3 is 9.57 Å². The van der Waals surface area contributed by atoms with Gasteiger partial charge in [-0.25, -0.2) is 0 Å². The first-order chi connectivity index (χ1) is 12.0. The number of oxime groups is 1. The Morgan fingerprint density at radius 1 is 1.24 bits per heavy atom. The molecule has 134 valence electrons. The normalized spacial score (nSPS) is 34.8. The van der Waals surface area contributed by atoms with Gasteiger partial charge in [0.25, 0.3) is 0 Å². The average Bonchev–Trinajstić information content (AvgIpc) is 2.91. The van der Waals surface area contributed by atoms with Gasteiger partial charge in [0.05, 0.1) is 5.71 Å². The molecule has 0 heterocycles. The second kappa shape index (κ2) is 6.15. The molecule has 0 aromatic heterocycles. The third-order valence-corrected chi connectivity index (χ3v) is 6.90. The Morgan fingerprint density at radius 2 is 2.08 bits per heavy atom. The van der Waals surface area contributed by atoms with Gasteiger partial charge in [-0.2, -0.15) is 0 Å². The van der Waals surface area contributed by atoms with Gasteiger partial charge in [0.15, 0.2) is 0 Å². The standard InChI is InChI=1S/C21H27NO3/c1-13(23)25-15-5-7-16-14(12-15)4-6-18-17(16)10-11-21(2)19(18)8-9-20(21)22-24-3/h5,7,12,17-19H,4,6,8-11H2,1-3H3/b22-20-/t17-,18-,19+,21+/m1/s1. The summed E-state index contributed by atoms with van der Waals surface area (Å²) in [5, 5.41) is 4.37. The summed E-state index contributed by atoms with van der Waals surface area (Å²) >= 11 is 0. The van der Waals surface area contributed by atoms with Gasteiger partial charge in [0, 0.05) is 12.3 Å². The van der Waals surface area contributed by atoms with E-state index in [9.17, 15) is 4.79 Å². The second-order valence-electron chi connectivity index (χ2n) is 8.09. The smallest absolute Gasteiger partial charge is 0.308 e. The van der Waals surface area contributed by atoms with Crippen molar-refractivity contribution in [3.8, 4) is 5.75 Å². The molecule has 0 amide bonds. The minimum atomic E-state index is -0.252. The maximum absolute atomic E-state index is 11.2. The Morgan fingerprint density at radius 3 is 2.84 bits per heavy atom. The Hall–Kier alpha value is -1.84. The molecule has 0 N–H and O–H groups in total. The van der Waals surface area contributed by atoms with E-state index in [-0.39, 0.29) is 11.4 Å². The highest BCUT2D eigenvalue weighted by atomic mass is 16.6. The molecule has 0 radical (unpaired) electrons. The topological polar surface area (TPSA) is 47.9 Å². The number of esters is 1. The Balaban J connectivity index is 1.62. The third kappa shape index (κ3) is 2.66. The molecule has 25 heavy (non-hydrogen) atoms. The summed E-state index contributed by atoms with van der Waals surface area (Å²) in [5.74, 6) is 2.51. The van der Waals surface area contributed by atoms with Gasteiger partial charge in [-0.05, 0) is 79.5 Å². The van der Waals surface area contributed by atoms with E-state index in [1.807, 2.05) is 6.07 Å². The third-order valence-electron chi connectivity index (χ3n) is 6.90. The number of carbonyl (C=O) groups is 1. The Kier molecular flexibility index (Phi) is 4.09. The van der Waals surface area contributed by atoms with Gasteiger partial charge >= 0.3 is 5.97 Å². The van der Waals surface area contributed by atoms with E-state index >= 15 is 0 Å². The fourth-order valence-electron chi connectivity index (χ4n) is 5.84. The summed E-state index contributed by atoms with van der Waals surface area (Å²) in [7, 11) is 1.66. The number of nitrogens with zero attached hydrogens (tertiary/aromatic N) is 1. The fourth-order valence-corrected chi connectivity index (χ4v) is 5.84. The zero-order chi connectivity index (χ0) is 17.6. The van der Waals surface area contributed by atoms with E-state index in [1.54, 1.807) is 7.11 Å². The summed E-state index contributed by atoms with van der Waals surface area (Å²) in [6.45, 7) is 3.86. The number of hydrogen-bond donors (Lipinski definition) is 0. The van der Waals surface area contributed by atoms with Crippen LogP contribution in [0.15, 0.2) is 23.4 Å². The summed E-state index contributed by atoms with van der Waals surface area (Å²) < 4.78 is 5.27. The van der Waals surface area contributed by atoms with Crippen LogP contribution in [-0.4, -0.2) is 18.8 Å². The molecule has 2 fully saturated rings. The fraction of sp³-hybridized carbons (Fsp3) is 0.619. The Labute approximate surface area is 149 Å². The molecule has 0 saturated heterocycles. The monoisotopic (exact) mass is 341 g/mol. The molecule has 0 unspecified atom stereocenters. The second-order valence-corrected chi connectivity index (χ2v) is 8.09. The highest BCUT2D eigenvalue weighted by molar-refractivity contribution is 5.92. The van der Waals surface area contributed by atoms with Crippen LogP contribution in [0.1, 0.15) is 63.0 Å². The lowest BCUT2D eigenvalue weighted by Crippen LogP contribution is -2.42. The SMILES string of the molecule is CO/N=C1/CC[C@H]2[C@@H]3CCc4cc(OC(C)=O)ccc4[C@H]3CC[C@]12C. The van der Waals surface area contributed by atoms with Gasteiger partial charge in [-0.3, -0.25) is 4.79 Å². The van der Waals surface area contributed by atoms with Crippen molar-refractivity contribution in [1.29, 1.82) is 0 Å². The van der Waals surface area contributed by atoms with Gasteiger partial charge in [-0.15, -0.1) is 0 Å². The van der Waals surface area contributed by atoms with E-state index < -0.39 is 0 Å². The summed E-state index contributed by atoms with van der Waals surface area (Å²) in [4.78, 5) is 16.3. The minimum absolute atomic E-state index is 0.215. The van der Waals surface area contributed by atoms with Crippen molar-refractivity contribution in [3.63, 3.8) is 0 Å². The van der Waals surface area contributed by atoms with Crippen LogP contribution in [0, 0.1) is 17.3 Å². The number of carbonyl (C=O) groups excluding carboxylic acids is 1. The molecule has 0 bridgehead atoms. The number of benzene rings is 1. The van der Waals surface area contributed by atoms with Crippen LogP contribution >= 0.6 is 0 Å². The number of aryl methyl sites for hydroxylation is 1. The zero-order valence-corrected chi connectivity index (χ0v) is 15.4. The summed E-state index contributed by atoms with van der Waals surface area (Å²) in [6, 6.07) is 6.24. The van der Waals surface area contributed by atoms with Gasteiger partial charge in [0.1, 0.15) is 12.9 Å². The number of hydrogen-bond acceptors (Lipinski definition) is 4. The first-order valence-electron chi connectivity index (χ1n) is 9.44. The highest BCUT2D eigenvalue weighted by Gasteiger charge is 2.53. The van der Waals surface area contributed by atoms with Gasteiger partial charge in [-0.1, -0.05) is 18.1 Å².